The van der Waals surface area contributed by atoms with E-state index < -0.39 is 0 Å². The minimum atomic E-state index is -0.112. The molecule has 0 aliphatic carbocycles. The third-order valence-corrected chi connectivity index (χ3v) is 7.59. The maximum absolute atomic E-state index is 13.3. The molecule has 8 heteroatoms. The van der Waals surface area contributed by atoms with Crippen LogP contribution in [0.3, 0.4) is 0 Å². The normalized spacial score (nSPS) is 17.3. The summed E-state index contributed by atoms with van der Waals surface area (Å²) in [6, 6.07) is 9.49. The lowest BCUT2D eigenvalue weighted by Gasteiger charge is -2.30. The topological polar surface area (TPSA) is 73.0 Å². The van der Waals surface area contributed by atoms with Gasteiger partial charge in [-0.05, 0) is 50.2 Å². The first-order valence-corrected chi connectivity index (χ1v) is 12.6. The zero-order valence-corrected chi connectivity index (χ0v) is 19.3. The van der Waals surface area contributed by atoms with Crippen LogP contribution in [0.15, 0.2) is 40.3 Å². The van der Waals surface area contributed by atoms with E-state index in [1.54, 1.807) is 0 Å². The van der Waals surface area contributed by atoms with Crippen LogP contribution in [-0.2, 0) is 17.8 Å². The van der Waals surface area contributed by atoms with E-state index in [1.165, 1.54) is 16.4 Å². The lowest BCUT2D eigenvalue weighted by atomic mass is 9.99. The van der Waals surface area contributed by atoms with E-state index in [2.05, 4.69) is 16.6 Å². The molecule has 5 rings (SSSR count). The molecule has 0 radical (unpaired) electrons. The molecular formula is C24H29N5O2S. The molecular weight excluding hydrogens is 422 g/mol. The van der Waals surface area contributed by atoms with Crippen molar-refractivity contribution in [2.45, 2.75) is 57.1 Å². The Morgan fingerprint density at radius 2 is 1.88 bits per heavy atom. The van der Waals surface area contributed by atoms with Gasteiger partial charge in [0.1, 0.15) is 5.56 Å². The summed E-state index contributed by atoms with van der Waals surface area (Å²) in [5.74, 6) is 1.72. The van der Waals surface area contributed by atoms with Gasteiger partial charge in [-0.15, -0.1) is 5.10 Å². The van der Waals surface area contributed by atoms with Crippen molar-refractivity contribution in [2.75, 3.05) is 18.8 Å². The highest BCUT2D eigenvalue weighted by atomic mass is 32.2. The minimum absolute atomic E-state index is 0.112. The molecule has 0 unspecified atom stereocenters. The number of carbonyl (C=O) groups is 1. The van der Waals surface area contributed by atoms with Crippen molar-refractivity contribution in [1.29, 1.82) is 0 Å². The molecule has 0 bridgehead atoms. The predicted octanol–water partition coefficient (Wildman–Crippen LogP) is 3.61. The van der Waals surface area contributed by atoms with Crippen LogP contribution < -0.4 is 5.56 Å². The third-order valence-electron chi connectivity index (χ3n) is 6.63. The van der Waals surface area contributed by atoms with E-state index >= 15 is 0 Å². The second-order valence-electron chi connectivity index (χ2n) is 8.91. The fourth-order valence-corrected chi connectivity index (χ4v) is 5.63. The number of amides is 1. The standard InChI is InChI=1S/C24H29N5O2S/c1-17-11-14-27(15-12-17)20(30)16-32-24-25-22-21(19-10-6-3-7-13-28(19)24)23(31)29(26-22)18-8-4-2-5-9-18/h2,4-5,8-9,17H,3,6-7,10-16H2,1H3. The molecule has 0 atom stereocenters. The fraction of sp³-hybridized carbons (Fsp3) is 0.500. The first kappa shape index (κ1) is 21.2. The van der Waals surface area contributed by atoms with Crippen molar-refractivity contribution in [3.63, 3.8) is 0 Å². The zero-order valence-electron chi connectivity index (χ0n) is 18.5. The van der Waals surface area contributed by atoms with Crippen LogP contribution in [0.2, 0.25) is 0 Å². The number of thioether (sulfide) groups is 1. The Balaban J connectivity index is 1.49. The first-order valence-electron chi connectivity index (χ1n) is 11.6. The Kier molecular flexibility index (Phi) is 6.04. The Hall–Kier alpha value is -2.61. The number of benzene rings is 1. The van der Waals surface area contributed by atoms with E-state index in [4.69, 9.17) is 4.98 Å². The summed E-state index contributed by atoms with van der Waals surface area (Å²) in [5.41, 5.74) is 2.27. The van der Waals surface area contributed by atoms with E-state index in [1.807, 2.05) is 35.2 Å². The Bertz CT molecular complexity index is 1130. The highest BCUT2D eigenvalue weighted by Gasteiger charge is 2.28. The van der Waals surface area contributed by atoms with Gasteiger partial charge in [-0.2, -0.15) is 4.68 Å². The minimum Gasteiger partial charge on any atom is -0.342 e. The molecule has 0 spiro atoms. The van der Waals surface area contributed by atoms with Gasteiger partial charge in [-0.3, -0.25) is 9.59 Å². The number of hydrogen-bond acceptors (Lipinski definition) is 5. The Morgan fingerprint density at radius 3 is 2.66 bits per heavy atom. The lowest BCUT2D eigenvalue weighted by Crippen LogP contribution is -2.39. The van der Waals surface area contributed by atoms with Crippen molar-refractivity contribution < 1.29 is 4.79 Å². The summed E-state index contributed by atoms with van der Waals surface area (Å²) < 4.78 is 3.63. The molecule has 1 aromatic carbocycles. The number of nitrogens with zero attached hydrogens (tertiary/aromatic N) is 5. The predicted molar refractivity (Wildman–Crippen MR) is 125 cm³/mol. The number of likely N-dealkylation sites (tertiary alicyclic amines) is 1. The van der Waals surface area contributed by atoms with Crippen LogP contribution in [0.1, 0.15) is 44.7 Å². The Labute approximate surface area is 192 Å². The molecule has 1 aromatic rings. The van der Waals surface area contributed by atoms with Gasteiger partial charge >= 0.3 is 0 Å². The summed E-state index contributed by atoms with van der Waals surface area (Å²) in [4.78, 5) is 32.9. The van der Waals surface area contributed by atoms with Crippen LogP contribution in [0.4, 0.5) is 0 Å². The summed E-state index contributed by atoms with van der Waals surface area (Å²) >= 11 is 1.48. The maximum atomic E-state index is 13.3. The van der Waals surface area contributed by atoms with Gasteiger partial charge in [0.15, 0.2) is 11.0 Å². The van der Waals surface area contributed by atoms with Crippen molar-refractivity contribution >= 4 is 17.7 Å². The number of piperidine rings is 1. The van der Waals surface area contributed by atoms with Gasteiger partial charge in [0.05, 0.1) is 11.4 Å². The summed E-state index contributed by atoms with van der Waals surface area (Å²) in [6.45, 7) is 4.77. The molecule has 168 valence electrons. The van der Waals surface area contributed by atoms with Crippen molar-refractivity contribution in [3.05, 3.63) is 46.4 Å². The van der Waals surface area contributed by atoms with Crippen molar-refractivity contribution in [1.82, 2.24) is 24.2 Å². The van der Waals surface area contributed by atoms with Crippen LogP contribution in [0, 0.1) is 5.92 Å². The van der Waals surface area contributed by atoms with Gasteiger partial charge in [0.25, 0.3) is 5.56 Å². The summed E-state index contributed by atoms with van der Waals surface area (Å²) in [5, 5.41) is 5.38. The number of carbonyl (C=O) groups excluding carboxylic acids is 1. The maximum Gasteiger partial charge on any atom is 0.284 e. The smallest absolute Gasteiger partial charge is 0.284 e. The fourth-order valence-electron chi connectivity index (χ4n) is 4.68. The highest BCUT2D eigenvalue weighted by Crippen LogP contribution is 2.30. The molecule has 32 heavy (non-hydrogen) atoms. The SMILES string of the molecule is CC1CCN(C(=O)CSc2nc3nn(-c4ccccc4)c(=O)c-3c3n2CCCCC3)CC1. The van der Waals surface area contributed by atoms with Crippen LogP contribution in [-0.4, -0.2) is 49.0 Å². The second-order valence-corrected chi connectivity index (χ2v) is 9.85. The average Bonchev–Trinajstić information content (AvgIpc) is 2.98. The molecule has 4 aliphatic heterocycles. The van der Waals surface area contributed by atoms with E-state index in [0.29, 0.717) is 23.1 Å². The van der Waals surface area contributed by atoms with Gasteiger partial charge in [-0.1, -0.05) is 43.3 Å². The molecule has 1 fully saturated rings. The largest absolute Gasteiger partial charge is 0.342 e. The molecule has 4 aliphatic rings. The van der Waals surface area contributed by atoms with Gasteiger partial charge in [0, 0.05) is 25.3 Å². The molecule has 0 saturated carbocycles. The van der Waals surface area contributed by atoms with Gasteiger partial charge in [0.2, 0.25) is 5.91 Å². The molecule has 1 saturated heterocycles. The number of rotatable bonds is 4. The number of para-hydroxylation sites is 1. The molecule has 4 heterocycles. The van der Waals surface area contributed by atoms with E-state index in [-0.39, 0.29) is 11.5 Å². The summed E-state index contributed by atoms with van der Waals surface area (Å²) in [6.07, 6.45) is 6.21. The first-order chi connectivity index (χ1) is 15.6. The second kappa shape index (κ2) is 9.10. The zero-order chi connectivity index (χ0) is 22.1. The molecule has 0 N–H and O–H groups in total. The number of hydrogen-bond donors (Lipinski definition) is 0. The Morgan fingerprint density at radius 1 is 1.09 bits per heavy atom. The van der Waals surface area contributed by atoms with Crippen LogP contribution in [0.5, 0.6) is 0 Å². The summed E-state index contributed by atoms with van der Waals surface area (Å²) in [7, 11) is 0. The van der Waals surface area contributed by atoms with Crippen LogP contribution >= 0.6 is 11.8 Å². The quantitative estimate of drug-likeness (QED) is 0.448. The molecule has 0 aromatic heterocycles. The highest BCUT2D eigenvalue weighted by molar-refractivity contribution is 7.99. The van der Waals surface area contributed by atoms with Gasteiger partial charge < -0.3 is 9.47 Å². The lowest BCUT2D eigenvalue weighted by molar-refractivity contribution is -0.129. The van der Waals surface area contributed by atoms with E-state index in [0.717, 1.165) is 74.7 Å². The van der Waals surface area contributed by atoms with Crippen molar-refractivity contribution in [2.24, 2.45) is 5.92 Å². The monoisotopic (exact) mass is 451 g/mol. The molecule has 7 nitrogen and oxygen atoms in total. The number of fused-ring (bicyclic) bond motifs is 3. The van der Waals surface area contributed by atoms with Gasteiger partial charge in [-0.25, -0.2) is 4.98 Å². The van der Waals surface area contributed by atoms with Crippen LogP contribution in [0.25, 0.3) is 17.1 Å². The average molecular weight is 452 g/mol. The van der Waals surface area contributed by atoms with Crippen molar-refractivity contribution in [3.8, 4) is 17.1 Å². The molecule has 1 amide bonds. The van der Waals surface area contributed by atoms with E-state index in [9.17, 15) is 9.59 Å². The third kappa shape index (κ3) is 4.08. The number of aromatic nitrogens is 4.